The molecule has 0 unspecified atom stereocenters. The highest BCUT2D eigenvalue weighted by atomic mass is 16.4. The van der Waals surface area contributed by atoms with Crippen molar-refractivity contribution in [1.29, 1.82) is 0 Å². The van der Waals surface area contributed by atoms with E-state index in [1.807, 2.05) is 19.9 Å². The van der Waals surface area contributed by atoms with Crippen LogP contribution in [0.5, 0.6) is 0 Å². The van der Waals surface area contributed by atoms with Crippen LogP contribution in [0, 0.1) is 0 Å². The molecular formula is C16H23N3O2. The minimum atomic E-state index is -0.265. The molecule has 1 aliphatic heterocycles. The second kappa shape index (κ2) is 6.03. The summed E-state index contributed by atoms with van der Waals surface area (Å²) in [4.78, 5) is 14.4. The van der Waals surface area contributed by atoms with E-state index in [0.29, 0.717) is 5.58 Å². The van der Waals surface area contributed by atoms with E-state index in [1.54, 1.807) is 4.57 Å². The zero-order valence-corrected chi connectivity index (χ0v) is 12.8. The maximum Gasteiger partial charge on any atom is 0.420 e. The first-order valence-corrected chi connectivity index (χ1v) is 7.72. The molecule has 1 N–H and O–H groups in total. The zero-order valence-electron chi connectivity index (χ0n) is 12.8. The van der Waals surface area contributed by atoms with E-state index in [9.17, 15) is 4.79 Å². The molecule has 1 fully saturated rings. The van der Waals surface area contributed by atoms with Gasteiger partial charge in [-0.1, -0.05) is 6.07 Å². The number of nitrogens with zero attached hydrogens (tertiary/aromatic N) is 2. The summed E-state index contributed by atoms with van der Waals surface area (Å²) in [5.74, 6) is -0.265. The first kappa shape index (κ1) is 14.4. The summed E-state index contributed by atoms with van der Waals surface area (Å²) in [5, 5.41) is 3.37. The Bertz CT molecular complexity index is 666. The summed E-state index contributed by atoms with van der Waals surface area (Å²) in [7, 11) is 0. The van der Waals surface area contributed by atoms with Gasteiger partial charge in [0, 0.05) is 38.8 Å². The Hall–Kier alpha value is -1.59. The Morgan fingerprint density at radius 1 is 1.29 bits per heavy atom. The van der Waals surface area contributed by atoms with Crippen LogP contribution in [0.1, 0.15) is 25.5 Å². The number of nitrogens with one attached hydrogen (secondary N) is 1. The van der Waals surface area contributed by atoms with Crippen molar-refractivity contribution < 1.29 is 4.42 Å². The van der Waals surface area contributed by atoms with E-state index in [2.05, 4.69) is 22.3 Å². The summed E-state index contributed by atoms with van der Waals surface area (Å²) in [5.41, 5.74) is 2.85. The van der Waals surface area contributed by atoms with Crippen LogP contribution in [0.3, 0.4) is 0 Å². The van der Waals surface area contributed by atoms with Crippen molar-refractivity contribution in [3.8, 4) is 0 Å². The van der Waals surface area contributed by atoms with Crippen molar-refractivity contribution in [3.05, 3.63) is 34.3 Å². The smallest absolute Gasteiger partial charge is 0.408 e. The molecule has 5 nitrogen and oxygen atoms in total. The average Bonchev–Trinajstić information content (AvgIpc) is 2.81. The Labute approximate surface area is 124 Å². The lowest BCUT2D eigenvalue weighted by Crippen LogP contribution is -2.44. The predicted octanol–water partition coefficient (Wildman–Crippen LogP) is 1.62. The third kappa shape index (κ3) is 3.04. The molecule has 0 saturated carbocycles. The summed E-state index contributed by atoms with van der Waals surface area (Å²) in [6, 6.07) is 6.20. The van der Waals surface area contributed by atoms with Crippen LogP contribution in [-0.4, -0.2) is 42.2 Å². The van der Waals surface area contributed by atoms with Crippen LogP contribution in [0.25, 0.3) is 11.1 Å². The molecule has 2 aromatic rings. The van der Waals surface area contributed by atoms with Crippen LogP contribution in [0.2, 0.25) is 0 Å². The van der Waals surface area contributed by atoms with Crippen molar-refractivity contribution >= 4 is 11.1 Å². The molecule has 1 aliphatic rings. The van der Waals surface area contributed by atoms with Gasteiger partial charge in [0.25, 0.3) is 0 Å². The molecule has 1 saturated heterocycles. The largest absolute Gasteiger partial charge is 0.420 e. The quantitative estimate of drug-likeness (QED) is 0.929. The van der Waals surface area contributed by atoms with E-state index in [4.69, 9.17) is 4.42 Å². The average molecular weight is 289 g/mol. The number of aromatic nitrogens is 1. The van der Waals surface area contributed by atoms with Crippen molar-refractivity contribution in [2.45, 2.75) is 26.3 Å². The van der Waals surface area contributed by atoms with Gasteiger partial charge < -0.3 is 14.6 Å². The number of piperazine rings is 1. The molecule has 1 aromatic carbocycles. The van der Waals surface area contributed by atoms with Gasteiger partial charge in [-0.3, -0.25) is 4.57 Å². The fraction of sp³-hybridized carbons (Fsp3) is 0.562. The minimum Gasteiger partial charge on any atom is -0.408 e. The normalized spacial score (nSPS) is 16.9. The van der Waals surface area contributed by atoms with Crippen molar-refractivity contribution in [2.24, 2.45) is 0 Å². The number of hydrogen-bond donors (Lipinski definition) is 1. The number of rotatable bonds is 4. The molecule has 114 valence electrons. The van der Waals surface area contributed by atoms with Crippen LogP contribution >= 0.6 is 0 Å². The zero-order chi connectivity index (χ0) is 14.8. The van der Waals surface area contributed by atoms with Crippen LogP contribution in [0.15, 0.2) is 27.4 Å². The van der Waals surface area contributed by atoms with Gasteiger partial charge in [0.05, 0.1) is 5.52 Å². The Morgan fingerprint density at radius 3 is 2.76 bits per heavy atom. The van der Waals surface area contributed by atoms with Crippen LogP contribution < -0.4 is 11.1 Å². The SMILES string of the molecule is CC(C)n1c(=O)oc2ccc(CCN3CCNCC3)cc21. The third-order valence-corrected chi connectivity index (χ3v) is 4.12. The summed E-state index contributed by atoms with van der Waals surface area (Å²) in [6.45, 7) is 9.46. The van der Waals surface area contributed by atoms with Gasteiger partial charge in [0.2, 0.25) is 0 Å². The topological polar surface area (TPSA) is 50.4 Å². The van der Waals surface area contributed by atoms with Crippen LogP contribution in [0.4, 0.5) is 0 Å². The van der Waals surface area contributed by atoms with Gasteiger partial charge in [0.1, 0.15) is 0 Å². The maximum atomic E-state index is 11.9. The summed E-state index contributed by atoms with van der Waals surface area (Å²) >= 11 is 0. The van der Waals surface area contributed by atoms with E-state index in [0.717, 1.165) is 44.7 Å². The van der Waals surface area contributed by atoms with Crippen molar-refractivity contribution in [3.63, 3.8) is 0 Å². The molecule has 2 heterocycles. The Morgan fingerprint density at radius 2 is 2.05 bits per heavy atom. The second-order valence-corrected chi connectivity index (χ2v) is 5.98. The van der Waals surface area contributed by atoms with E-state index < -0.39 is 0 Å². The fourth-order valence-corrected chi connectivity index (χ4v) is 2.95. The highest BCUT2D eigenvalue weighted by Crippen LogP contribution is 2.19. The van der Waals surface area contributed by atoms with Gasteiger partial charge in [0.15, 0.2) is 5.58 Å². The Kier molecular flexibility index (Phi) is 4.12. The van der Waals surface area contributed by atoms with Crippen molar-refractivity contribution in [2.75, 3.05) is 32.7 Å². The van der Waals surface area contributed by atoms with E-state index in [1.165, 1.54) is 5.56 Å². The van der Waals surface area contributed by atoms with Gasteiger partial charge in [-0.15, -0.1) is 0 Å². The Balaban J connectivity index is 1.79. The molecule has 0 amide bonds. The molecule has 0 radical (unpaired) electrons. The molecule has 1 aromatic heterocycles. The van der Waals surface area contributed by atoms with Gasteiger partial charge in [-0.2, -0.15) is 0 Å². The highest BCUT2D eigenvalue weighted by Gasteiger charge is 2.13. The predicted molar refractivity (Wildman–Crippen MR) is 83.9 cm³/mol. The number of hydrogen-bond acceptors (Lipinski definition) is 4. The number of fused-ring (bicyclic) bond motifs is 1. The lowest BCUT2D eigenvalue weighted by Gasteiger charge is -2.27. The molecule has 5 heteroatoms. The molecule has 0 aliphatic carbocycles. The highest BCUT2D eigenvalue weighted by molar-refractivity contribution is 5.74. The first-order chi connectivity index (χ1) is 10.1. The van der Waals surface area contributed by atoms with E-state index >= 15 is 0 Å². The maximum absolute atomic E-state index is 11.9. The molecule has 21 heavy (non-hydrogen) atoms. The summed E-state index contributed by atoms with van der Waals surface area (Å²) < 4.78 is 7.02. The fourth-order valence-electron chi connectivity index (χ4n) is 2.95. The lowest BCUT2D eigenvalue weighted by atomic mass is 10.1. The lowest BCUT2D eigenvalue weighted by molar-refractivity contribution is 0.244. The minimum absolute atomic E-state index is 0.113. The number of benzene rings is 1. The standard InChI is InChI=1S/C16H23N3O2/c1-12(2)19-14-11-13(3-4-15(14)21-16(19)20)5-8-18-9-6-17-7-10-18/h3-4,11-12,17H,5-10H2,1-2H3. The number of oxazole rings is 1. The molecule has 3 rings (SSSR count). The van der Waals surface area contributed by atoms with Gasteiger partial charge >= 0.3 is 5.76 Å². The monoisotopic (exact) mass is 289 g/mol. The van der Waals surface area contributed by atoms with E-state index in [-0.39, 0.29) is 11.8 Å². The third-order valence-electron chi connectivity index (χ3n) is 4.12. The van der Waals surface area contributed by atoms with Crippen molar-refractivity contribution in [1.82, 2.24) is 14.8 Å². The first-order valence-electron chi connectivity index (χ1n) is 7.72. The molecule has 0 bridgehead atoms. The van der Waals surface area contributed by atoms with Gasteiger partial charge in [-0.05, 0) is 38.0 Å². The molecular weight excluding hydrogens is 266 g/mol. The summed E-state index contributed by atoms with van der Waals surface area (Å²) in [6.07, 6.45) is 1.01. The molecule has 0 atom stereocenters. The second-order valence-electron chi connectivity index (χ2n) is 5.98. The molecule has 0 spiro atoms. The van der Waals surface area contributed by atoms with Crippen LogP contribution in [-0.2, 0) is 6.42 Å². The van der Waals surface area contributed by atoms with Gasteiger partial charge in [-0.25, -0.2) is 4.79 Å².